The second-order valence-electron chi connectivity index (χ2n) is 4.46. The summed E-state index contributed by atoms with van der Waals surface area (Å²) in [6.45, 7) is 4.39. The predicted molar refractivity (Wildman–Crippen MR) is 81.1 cm³/mol. The second-order valence-corrected chi connectivity index (χ2v) is 5.52. The number of thioether (sulfide) groups is 1. The van der Waals surface area contributed by atoms with E-state index in [1.165, 1.54) is 23.9 Å². The lowest BCUT2D eigenvalue weighted by Crippen LogP contribution is -2.02. The zero-order valence-electron chi connectivity index (χ0n) is 11.9. The molecule has 5 nitrogen and oxygen atoms in total. The quantitative estimate of drug-likeness (QED) is 0.502. The minimum absolute atomic E-state index is 0.250. The van der Waals surface area contributed by atoms with E-state index in [1.807, 2.05) is 19.9 Å². The van der Waals surface area contributed by atoms with E-state index in [2.05, 4.69) is 9.97 Å². The number of carboxylic acid groups (broad SMARTS) is 1. The zero-order chi connectivity index (χ0) is 15.2. The Morgan fingerprint density at radius 2 is 1.81 bits per heavy atom. The Hall–Kier alpha value is -2.08. The van der Waals surface area contributed by atoms with Gasteiger partial charge in [-0.3, -0.25) is 0 Å². The number of aryl methyl sites for hydroxylation is 2. The van der Waals surface area contributed by atoms with Crippen molar-refractivity contribution < 1.29 is 14.6 Å². The van der Waals surface area contributed by atoms with E-state index in [-0.39, 0.29) is 5.56 Å². The molecule has 0 radical (unpaired) electrons. The van der Waals surface area contributed by atoms with Crippen LogP contribution in [-0.2, 0) is 0 Å². The molecule has 1 N–H and O–H groups in total. The van der Waals surface area contributed by atoms with Gasteiger partial charge in [0.25, 0.3) is 0 Å². The van der Waals surface area contributed by atoms with Crippen molar-refractivity contribution in [2.24, 2.45) is 0 Å². The molecule has 0 fully saturated rings. The third kappa shape index (κ3) is 4.75. The van der Waals surface area contributed by atoms with Crippen LogP contribution in [0.3, 0.4) is 0 Å². The minimum atomic E-state index is -0.941. The van der Waals surface area contributed by atoms with E-state index in [1.54, 1.807) is 12.1 Å². The fraction of sp³-hybridized carbons (Fsp3) is 0.267. The molecule has 0 atom stereocenters. The fourth-order valence-electron chi connectivity index (χ4n) is 1.74. The summed E-state index contributed by atoms with van der Waals surface area (Å²) in [6, 6.07) is 8.29. The summed E-state index contributed by atoms with van der Waals surface area (Å²) in [5, 5.41) is 9.55. The molecule has 110 valence electrons. The summed E-state index contributed by atoms with van der Waals surface area (Å²) in [4.78, 5) is 19.4. The van der Waals surface area contributed by atoms with E-state index < -0.39 is 5.97 Å². The van der Waals surface area contributed by atoms with Gasteiger partial charge in [0.2, 0.25) is 0 Å². The van der Waals surface area contributed by atoms with Crippen molar-refractivity contribution in [2.75, 3.05) is 12.4 Å². The van der Waals surface area contributed by atoms with Gasteiger partial charge in [-0.1, -0.05) is 11.8 Å². The molecule has 0 unspecified atom stereocenters. The number of ether oxygens (including phenoxy) is 1. The third-order valence-electron chi connectivity index (χ3n) is 2.65. The van der Waals surface area contributed by atoms with Crippen LogP contribution in [0.4, 0.5) is 0 Å². The van der Waals surface area contributed by atoms with Crippen LogP contribution >= 0.6 is 11.8 Å². The maximum absolute atomic E-state index is 10.7. The summed E-state index contributed by atoms with van der Waals surface area (Å²) in [5.74, 6) is 0.440. The molecule has 0 amide bonds. The number of aromatic carboxylic acids is 1. The van der Waals surface area contributed by atoms with Crippen molar-refractivity contribution in [3.63, 3.8) is 0 Å². The minimum Gasteiger partial charge on any atom is -0.493 e. The van der Waals surface area contributed by atoms with Gasteiger partial charge in [-0.25, -0.2) is 14.8 Å². The van der Waals surface area contributed by atoms with Crippen LogP contribution < -0.4 is 4.74 Å². The summed E-state index contributed by atoms with van der Waals surface area (Å²) in [6.07, 6.45) is 0. The van der Waals surface area contributed by atoms with Crippen LogP contribution in [0.25, 0.3) is 0 Å². The average Bonchev–Trinajstić information content (AvgIpc) is 2.43. The maximum atomic E-state index is 10.7. The lowest BCUT2D eigenvalue weighted by Gasteiger charge is -2.06. The first-order valence-corrected chi connectivity index (χ1v) is 7.44. The highest BCUT2D eigenvalue weighted by Gasteiger charge is 2.03. The Labute approximate surface area is 127 Å². The molecule has 0 saturated heterocycles. The summed E-state index contributed by atoms with van der Waals surface area (Å²) in [5.41, 5.74) is 2.16. The van der Waals surface area contributed by atoms with Gasteiger partial charge in [-0.15, -0.1) is 0 Å². The zero-order valence-corrected chi connectivity index (χ0v) is 12.7. The fourth-order valence-corrected chi connectivity index (χ4v) is 2.51. The molecule has 0 aliphatic heterocycles. The summed E-state index contributed by atoms with van der Waals surface area (Å²) >= 11 is 1.53. The van der Waals surface area contributed by atoms with E-state index in [9.17, 15) is 4.79 Å². The van der Waals surface area contributed by atoms with Gasteiger partial charge in [0.05, 0.1) is 12.2 Å². The smallest absolute Gasteiger partial charge is 0.335 e. The van der Waals surface area contributed by atoms with Crippen molar-refractivity contribution in [1.29, 1.82) is 0 Å². The third-order valence-corrected chi connectivity index (χ3v) is 3.46. The van der Waals surface area contributed by atoms with Gasteiger partial charge in [0, 0.05) is 17.1 Å². The molecule has 2 aromatic rings. The highest BCUT2D eigenvalue weighted by Crippen LogP contribution is 2.16. The SMILES string of the molecule is Cc1cc(C)nc(SCCOc2ccc(C(=O)O)cc2)n1. The van der Waals surface area contributed by atoms with Gasteiger partial charge in [-0.2, -0.15) is 0 Å². The number of carboxylic acids is 1. The van der Waals surface area contributed by atoms with Crippen LogP contribution in [0.2, 0.25) is 0 Å². The molecule has 2 rings (SSSR count). The van der Waals surface area contributed by atoms with E-state index >= 15 is 0 Å². The lowest BCUT2D eigenvalue weighted by atomic mass is 10.2. The van der Waals surface area contributed by atoms with Crippen LogP contribution in [-0.4, -0.2) is 33.4 Å². The van der Waals surface area contributed by atoms with E-state index in [4.69, 9.17) is 9.84 Å². The molecule has 0 spiro atoms. The van der Waals surface area contributed by atoms with Gasteiger partial charge in [0.15, 0.2) is 5.16 Å². The Bertz CT molecular complexity index is 609. The number of aromatic nitrogens is 2. The molecule has 0 bridgehead atoms. The van der Waals surface area contributed by atoms with Crippen molar-refractivity contribution in [3.05, 3.63) is 47.3 Å². The van der Waals surface area contributed by atoms with Gasteiger partial charge < -0.3 is 9.84 Å². The maximum Gasteiger partial charge on any atom is 0.335 e. The average molecular weight is 304 g/mol. The number of nitrogens with zero attached hydrogens (tertiary/aromatic N) is 2. The predicted octanol–water partition coefficient (Wildman–Crippen LogP) is 2.96. The van der Waals surface area contributed by atoms with Crippen molar-refractivity contribution in [1.82, 2.24) is 9.97 Å². The van der Waals surface area contributed by atoms with Crippen LogP contribution in [0, 0.1) is 13.8 Å². The Kier molecular flexibility index (Phi) is 5.16. The molecule has 1 aromatic heterocycles. The molecule has 0 aliphatic carbocycles. The number of carbonyl (C=O) groups is 1. The van der Waals surface area contributed by atoms with Crippen LogP contribution in [0.15, 0.2) is 35.5 Å². The van der Waals surface area contributed by atoms with Crippen molar-refractivity contribution in [2.45, 2.75) is 19.0 Å². The Balaban J connectivity index is 1.80. The molecule has 1 aromatic carbocycles. The first-order valence-electron chi connectivity index (χ1n) is 6.46. The van der Waals surface area contributed by atoms with Gasteiger partial charge in [0.1, 0.15) is 5.75 Å². The molecule has 1 heterocycles. The highest BCUT2D eigenvalue weighted by molar-refractivity contribution is 7.99. The second kappa shape index (κ2) is 7.08. The first-order chi connectivity index (χ1) is 10.0. The number of benzene rings is 1. The van der Waals surface area contributed by atoms with E-state index in [0.29, 0.717) is 12.4 Å². The van der Waals surface area contributed by atoms with Gasteiger partial charge >= 0.3 is 5.97 Å². The molecule has 0 aliphatic rings. The number of hydrogen-bond acceptors (Lipinski definition) is 5. The highest BCUT2D eigenvalue weighted by atomic mass is 32.2. The summed E-state index contributed by atoms with van der Waals surface area (Å²) in [7, 11) is 0. The first kappa shape index (κ1) is 15.3. The van der Waals surface area contributed by atoms with Crippen LogP contribution in [0.5, 0.6) is 5.75 Å². The van der Waals surface area contributed by atoms with Gasteiger partial charge in [-0.05, 0) is 44.2 Å². The van der Waals surface area contributed by atoms with Crippen molar-refractivity contribution in [3.8, 4) is 5.75 Å². The lowest BCUT2D eigenvalue weighted by molar-refractivity contribution is 0.0697. The normalized spacial score (nSPS) is 10.4. The van der Waals surface area contributed by atoms with Crippen LogP contribution in [0.1, 0.15) is 21.7 Å². The molecule has 0 saturated carbocycles. The summed E-state index contributed by atoms with van der Waals surface area (Å²) < 4.78 is 5.55. The molecule has 6 heteroatoms. The molecular weight excluding hydrogens is 288 g/mol. The number of hydrogen-bond donors (Lipinski definition) is 1. The number of rotatable bonds is 6. The standard InChI is InChI=1S/C15H16N2O3S/c1-10-9-11(2)17-15(16-10)21-8-7-20-13-5-3-12(4-6-13)14(18)19/h3-6,9H,7-8H2,1-2H3,(H,18,19). The Morgan fingerprint density at radius 3 is 2.38 bits per heavy atom. The topological polar surface area (TPSA) is 72.3 Å². The Morgan fingerprint density at radius 1 is 1.19 bits per heavy atom. The van der Waals surface area contributed by atoms with Crippen molar-refractivity contribution >= 4 is 17.7 Å². The molecule has 21 heavy (non-hydrogen) atoms. The monoisotopic (exact) mass is 304 g/mol. The molecular formula is C15H16N2O3S. The largest absolute Gasteiger partial charge is 0.493 e. The van der Waals surface area contributed by atoms with E-state index in [0.717, 1.165) is 22.3 Å².